The van der Waals surface area contributed by atoms with Gasteiger partial charge in [-0.1, -0.05) is 29.7 Å². The number of amides is 1. The van der Waals surface area contributed by atoms with Gasteiger partial charge in [0.05, 0.1) is 52.4 Å². The van der Waals surface area contributed by atoms with Crippen LogP contribution in [0.5, 0.6) is 0 Å². The molecule has 1 amide bonds. The van der Waals surface area contributed by atoms with E-state index in [0.29, 0.717) is 22.0 Å². The van der Waals surface area contributed by atoms with Gasteiger partial charge in [-0.15, -0.1) is 6.58 Å². The van der Waals surface area contributed by atoms with Crippen molar-refractivity contribution in [3.63, 3.8) is 0 Å². The third-order valence-electron chi connectivity index (χ3n) is 9.74. The lowest BCUT2D eigenvalue weighted by Crippen LogP contribution is -2.35. The highest BCUT2D eigenvalue weighted by atomic mass is 35.5. The van der Waals surface area contributed by atoms with Gasteiger partial charge in [0, 0.05) is 55.4 Å². The molecule has 318 valence electrons. The molecule has 0 saturated carbocycles. The lowest BCUT2D eigenvalue weighted by molar-refractivity contribution is -0.142. The van der Waals surface area contributed by atoms with Crippen LogP contribution in [-0.4, -0.2) is 54.7 Å². The van der Waals surface area contributed by atoms with E-state index in [0.717, 1.165) is 24.5 Å². The molecule has 4 heterocycles. The Labute approximate surface area is 348 Å². The summed E-state index contributed by atoms with van der Waals surface area (Å²) in [6.07, 6.45) is -1.13. The number of imidazole rings is 1. The molecule has 7 rings (SSSR count). The fourth-order valence-electron chi connectivity index (χ4n) is 7.43. The molecule has 0 bridgehead atoms. The normalized spacial score (nSPS) is 15.3. The lowest BCUT2D eigenvalue weighted by atomic mass is 9.93. The second-order valence-corrected chi connectivity index (χ2v) is 16.6. The van der Waals surface area contributed by atoms with Crippen LogP contribution in [0.3, 0.4) is 0 Å². The van der Waals surface area contributed by atoms with Crippen molar-refractivity contribution in [3.8, 4) is 23.0 Å². The lowest BCUT2D eigenvalue weighted by Gasteiger charge is -2.23. The van der Waals surface area contributed by atoms with E-state index in [-0.39, 0.29) is 50.7 Å². The molecule has 6 aromatic rings. The van der Waals surface area contributed by atoms with Gasteiger partial charge in [0.25, 0.3) is 5.92 Å². The van der Waals surface area contributed by atoms with E-state index in [1.54, 1.807) is 42.3 Å². The van der Waals surface area contributed by atoms with Gasteiger partial charge in [-0.2, -0.15) is 32.1 Å². The zero-order valence-electron chi connectivity index (χ0n) is 32.3. The van der Waals surface area contributed by atoms with Gasteiger partial charge in [-0.3, -0.25) is 18.9 Å². The van der Waals surface area contributed by atoms with E-state index in [9.17, 15) is 35.2 Å². The molecule has 0 fully saturated rings. The molecule has 21 heteroatoms. The number of benzene rings is 2. The van der Waals surface area contributed by atoms with Crippen molar-refractivity contribution >= 4 is 44.3 Å². The monoisotopic (exact) mass is 887 g/mol. The minimum atomic E-state index is -5.15. The van der Waals surface area contributed by atoms with Crippen LogP contribution in [0.1, 0.15) is 58.0 Å². The highest BCUT2D eigenvalue weighted by Gasteiger charge is 2.53. The molecule has 2 N–H and O–H groups in total. The first-order chi connectivity index (χ1) is 28.6. The van der Waals surface area contributed by atoms with Crippen LogP contribution in [0.2, 0.25) is 5.02 Å². The number of halogens is 8. The van der Waals surface area contributed by atoms with Crippen molar-refractivity contribution in [2.45, 2.75) is 49.9 Å². The number of rotatable bonds is 11. The number of hydrogen-bond acceptors (Lipinski definition) is 7. The van der Waals surface area contributed by atoms with E-state index in [1.165, 1.54) is 17.8 Å². The number of carbonyl (C=O) groups is 1. The molecule has 0 spiro atoms. The summed E-state index contributed by atoms with van der Waals surface area (Å²) in [6, 6.07) is 7.37. The smallest absolute Gasteiger partial charge is 0.346 e. The highest BCUT2D eigenvalue weighted by molar-refractivity contribution is 7.92. The quantitative estimate of drug-likeness (QED) is 0.0788. The minimum Gasteiger partial charge on any atom is -0.346 e. The summed E-state index contributed by atoms with van der Waals surface area (Å²) < 4.78 is 133. The van der Waals surface area contributed by atoms with E-state index in [4.69, 9.17) is 16.6 Å². The second kappa shape index (κ2) is 16.0. The van der Waals surface area contributed by atoms with Crippen molar-refractivity contribution in [1.29, 1.82) is 0 Å². The molecular formula is C40H33ClF7N9O3S. The Kier molecular flexibility index (Phi) is 11.3. The number of carbonyl (C=O) groups excluding carboxylic acids is 1. The van der Waals surface area contributed by atoms with Crippen LogP contribution in [0.25, 0.3) is 22.0 Å². The van der Waals surface area contributed by atoms with Crippen LogP contribution in [0.15, 0.2) is 67.6 Å². The number of allylic oxidation sites excluding steroid dienone is 1. The average molecular weight is 888 g/mol. The van der Waals surface area contributed by atoms with Gasteiger partial charge in [0.15, 0.2) is 11.5 Å². The second-order valence-electron chi connectivity index (χ2n) is 14.4. The zero-order chi connectivity index (χ0) is 44.2. The highest BCUT2D eigenvalue weighted by Crippen LogP contribution is 2.52. The van der Waals surface area contributed by atoms with Gasteiger partial charge < -0.3 is 9.88 Å². The number of alkyl halides is 5. The Morgan fingerprint density at radius 2 is 1.80 bits per heavy atom. The minimum absolute atomic E-state index is 0.00307. The predicted molar refractivity (Wildman–Crippen MR) is 211 cm³/mol. The summed E-state index contributed by atoms with van der Waals surface area (Å²) in [5.41, 5.74) is -1.82. The number of fused-ring (bicyclic) bond motifs is 2. The third-order valence-corrected chi connectivity index (χ3v) is 10.6. The molecule has 1 aliphatic rings. The molecule has 1 aliphatic carbocycles. The van der Waals surface area contributed by atoms with Gasteiger partial charge in [-0.05, 0) is 48.2 Å². The molecule has 2 atom stereocenters. The van der Waals surface area contributed by atoms with Crippen molar-refractivity contribution < 1.29 is 43.9 Å². The number of pyridine rings is 1. The van der Waals surface area contributed by atoms with Crippen LogP contribution in [-0.2, 0) is 60.4 Å². The molecule has 12 nitrogen and oxygen atoms in total. The fourth-order valence-corrected chi connectivity index (χ4v) is 8.17. The number of sulfonamides is 1. The maximum absolute atomic E-state index is 15.4. The molecule has 0 unspecified atom stereocenters. The molecular weight excluding hydrogens is 855 g/mol. The number of aryl methyl sites for hydroxylation is 2. The molecule has 2 aromatic carbocycles. The van der Waals surface area contributed by atoms with Crippen LogP contribution < -0.4 is 10.0 Å². The molecule has 0 aliphatic heterocycles. The summed E-state index contributed by atoms with van der Waals surface area (Å²) >= 11 is 6.60. The largest absolute Gasteiger partial charge is 0.435 e. The van der Waals surface area contributed by atoms with Crippen LogP contribution in [0, 0.1) is 23.5 Å². The third kappa shape index (κ3) is 8.98. The van der Waals surface area contributed by atoms with Gasteiger partial charge >= 0.3 is 6.18 Å². The standard InChI is InChI=1S/C40H33ClF7N9O3S/c1-5-22-17-39(44,45)37-32(22)36(40(46,47)48)52-57(37)19-31(58)51-30(15-21-13-23(42)16-24(43)14-21)34-27(10-9-25(50-34)7-6-8-26-18-55(2)20-49-26)28-11-12-29(41)33-35(28)56(3)53-38(33)54-61(4,59)60/h5,9-14,16,18,20,22,30H,1,8,15,17,19H2,2-4H3,(H,51,58)(H,53,54)/t22-,30-/m0/s1. The zero-order valence-corrected chi connectivity index (χ0v) is 33.8. The van der Waals surface area contributed by atoms with E-state index >= 15 is 8.78 Å². The topological polar surface area (TPSA) is 142 Å². The van der Waals surface area contributed by atoms with Crippen LogP contribution in [0.4, 0.5) is 36.6 Å². The van der Waals surface area contributed by atoms with Gasteiger partial charge in [-0.25, -0.2) is 27.2 Å². The Bertz CT molecular complexity index is 2890. The first kappa shape index (κ1) is 42.9. The van der Waals surface area contributed by atoms with Crippen molar-refractivity contribution in [2.75, 3.05) is 11.0 Å². The summed E-state index contributed by atoms with van der Waals surface area (Å²) in [6.45, 7) is 2.29. The van der Waals surface area contributed by atoms with Crippen molar-refractivity contribution in [1.82, 2.24) is 39.4 Å². The Balaban J connectivity index is 1.39. The van der Waals surface area contributed by atoms with E-state index in [2.05, 4.69) is 43.6 Å². The number of anilines is 1. The SMILES string of the molecule is C=C[C@H]1CC(F)(F)c2c1c(C(F)(F)F)nn2CC(=O)N[C@@H](Cc1cc(F)cc(F)c1)c1nc(C#CCc2cn(C)cn2)ccc1-c1ccc(Cl)c2c(NS(C)(=O)=O)nn(C)c12. The number of nitrogens with zero attached hydrogens (tertiary/aromatic N) is 7. The van der Waals surface area contributed by atoms with Crippen molar-refractivity contribution in [3.05, 3.63) is 124 Å². The Morgan fingerprint density at radius 3 is 2.44 bits per heavy atom. The number of aromatic nitrogens is 7. The van der Waals surface area contributed by atoms with Crippen LogP contribution >= 0.6 is 11.6 Å². The predicted octanol–water partition coefficient (Wildman–Crippen LogP) is 7.35. The maximum Gasteiger partial charge on any atom is 0.435 e. The Morgan fingerprint density at radius 1 is 1.10 bits per heavy atom. The molecule has 0 radical (unpaired) electrons. The summed E-state index contributed by atoms with van der Waals surface area (Å²) in [7, 11) is -0.561. The molecule has 61 heavy (non-hydrogen) atoms. The first-order valence-corrected chi connectivity index (χ1v) is 20.4. The van der Waals surface area contributed by atoms with E-state index < -0.39 is 88.0 Å². The molecule has 0 saturated heterocycles. The van der Waals surface area contributed by atoms with Crippen molar-refractivity contribution in [2.24, 2.45) is 14.1 Å². The summed E-state index contributed by atoms with van der Waals surface area (Å²) in [5, 5.41) is 10.7. The first-order valence-electron chi connectivity index (χ1n) is 18.1. The Hall–Kier alpha value is -6.20. The fraction of sp³-hybridized carbons (Fsp3) is 0.275. The average Bonchev–Trinajstić information content (AvgIpc) is 3.90. The summed E-state index contributed by atoms with van der Waals surface area (Å²) in [5.74, 6) is -2.47. The van der Waals surface area contributed by atoms with E-state index in [1.807, 2.05) is 0 Å². The number of hydrogen-bond donors (Lipinski definition) is 2. The van der Waals surface area contributed by atoms with Gasteiger partial charge in [0.1, 0.15) is 29.6 Å². The van der Waals surface area contributed by atoms with Gasteiger partial charge in [0.2, 0.25) is 15.9 Å². The summed E-state index contributed by atoms with van der Waals surface area (Å²) in [4.78, 5) is 23.0. The number of nitrogens with one attached hydrogen (secondary N) is 2. The molecule has 4 aromatic heterocycles. The maximum atomic E-state index is 15.4.